The number of ether oxygens (including phenoxy) is 3. The van der Waals surface area contributed by atoms with Gasteiger partial charge in [0.25, 0.3) is 5.69 Å². The Bertz CT molecular complexity index is 2170. The molecule has 5 atom stereocenters. The highest BCUT2D eigenvalue weighted by Crippen LogP contribution is 2.48. The first kappa shape index (κ1) is 56.6. The summed E-state index contributed by atoms with van der Waals surface area (Å²) in [6.45, 7) is 18.7. The molecular weight excluding hydrogens is 899 g/mol. The number of hydrogen-bond acceptors (Lipinski definition) is 12. The first-order chi connectivity index (χ1) is 33.1. The first-order valence-electron chi connectivity index (χ1n) is 24.3. The monoisotopic (exact) mass is 974 g/mol. The molecule has 0 saturated carbocycles. The van der Waals surface area contributed by atoms with Gasteiger partial charge in [0.2, 0.25) is 23.6 Å². The highest BCUT2D eigenvalue weighted by Gasteiger charge is 2.53. The van der Waals surface area contributed by atoms with Gasteiger partial charge in [-0.25, -0.2) is 4.79 Å². The number of hydrogen-bond donors (Lipinski definition) is 5. The zero-order chi connectivity index (χ0) is 51.8. The molecule has 1 saturated heterocycles. The second kappa shape index (κ2) is 25.8. The Morgan fingerprint density at radius 1 is 0.714 bits per heavy atom. The lowest BCUT2D eigenvalue weighted by Gasteiger charge is -2.58. The van der Waals surface area contributed by atoms with Crippen LogP contribution in [-0.4, -0.2) is 100 Å². The number of nitrogens with zero attached hydrogens (tertiary/aromatic N) is 2. The van der Waals surface area contributed by atoms with Gasteiger partial charge in [0.05, 0.1) is 24.2 Å². The molecule has 0 bridgehead atoms. The average Bonchev–Trinajstić information content (AvgIpc) is 3.33. The van der Waals surface area contributed by atoms with Crippen molar-refractivity contribution in [2.24, 2.45) is 0 Å². The van der Waals surface area contributed by atoms with Gasteiger partial charge < -0.3 is 40.8 Å². The quantitative estimate of drug-likeness (QED) is 0.0432. The fourth-order valence-corrected chi connectivity index (χ4v) is 8.70. The van der Waals surface area contributed by atoms with Crippen LogP contribution < -0.4 is 26.6 Å². The Morgan fingerprint density at radius 3 is 1.77 bits per heavy atom. The summed E-state index contributed by atoms with van der Waals surface area (Å²) >= 11 is 0. The molecule has 5 amide bonds. The van der Waals surface area contributed by atoms with Crippen LogP contribution in [0.1, 0.15) is 131 Å². The van der Waals surface area contributed by atoms with Crippen molar-refractivity contribution < 1.29 is 47.9 Å². The Labute approximate surface area is 412 Å². The number of piperidine rings is 1. The molecule has 70 heavy (non-hydrogen) atoms. The van der Waals surface area contributed by atoms with Crippen molar-refractivity contribution in [2.75, 3.05) is 19.0 Å². The van der Waals surface area contributed by atoms with Crippen LogP contribution in [0.25, 0.3) is 0 Å². The number of methoxy groups -OCH3 is 1. The number of rotatable bonds is 24. The van der Waals surface area contributed by atoms with E-state index in [0.29, 0.717) is 0 Å². The summed E-state index contributed by atoms with van der Waals surface area (Å²) in [6.07, 6.45) is 4.64. The van der Waals surface area contributed by atoms with Crippen molar-refractivity contribution in [2.45, 2.75) is 174 Å². The van der Waals surface area contributed by atoms with E-state index in [4.69, 9.17) is 19.0 Å². The summed E-state index contributed by atoms with van der Waals surface area (Å²) in [5.74, 6) is -2.73. The third kappa shape index (κ3) is 15.8. The number of carbonyl (C=O) groups is 5. The molecule has 1 aliphatic heterocycles. The zero-order valence-corrected chi connectivity index (χ0v) is 42.7. The van der Waals surface area contributed by atoms with E-state index in [0.717, 1.165) is 55.2 Å². The van der Waals surface area contributed by atoms with Crippen LogP contribution in [0.3, 0.4) is 0 Å². The van der Waals surface area contributed by atoms with Gasteiger partial charge in [0.15, 0.2) is 0 Å². The van der Waals surface area contributed by atoms with E-state index in [1.165, 1.54) is 38.1 Å². The van der Waals surface area contributed by atoms with E-state index >= 15 is 0 Å². The minimum Gasteiger partial charge on any atom is -0.444 e. The number of carbonyl (C=O) groups excluding carboxylic acids is 5. The highest BCUT2D eigenvalue weighted by molar-refractivity contribution is 5.99. The van der Waals surface area contributed by atoms with Crippen molar-refractivity contribution in [3.05, 3.63) is 106 Å². The number of hydroxylamine groups is 2. The summed E-state index contributed by atoms with van der Waals surface area (Å²) in [5.41, 5.74) is 1.46. The summed E-state index contributed by atoms with van der Waals surface area (Å²) in [5, 5.41) is 26.5. The molecule has 0 spiro atoms. The number of anilines is 1. The molecular formula is C52H75N7O11. The van der Waals surface area contributed by atoms with Gasteiger partial charge in [-0.1, -0.05) is 82.3 Å². The van der Waals surface area contributed by atoms with E-state index in [1.54, 1.807) is 52.1 Å². The van der Waals surface area contributed by atoms with Gasteiger partial charge >= 0.3 is 6.09 Å². The lowest BCUT2D eigenvalue weighted by Crippen LogP contribution is -2.66. The maximum atomic E-state index is 13.7. The van der Waals surface area contributed by atoms with Crippen LogP contribution in [0.2, 0.25) is 0 Å². The molecule has 18 heteroatoms. The van der Waals surface area contributed by atoms with E-state index in [2.05, 4.69) is 66.3 Å². The number of amides is 5. The molecule has 0 aromatic heterocycles. The fraction of sp³-hybridized carbons (Fsp3) is 0.558. The smallest absolute Gasteiger partial charge is 0.408 e. The third-order valence-electron chi connectivity index (χ3n) is 13.1. The number of non-ortho nitro benzene ring substituents is 1. The van der Waals surface area contributed by atoms with E-state index in [1.807, 2.05) is 30.3 Å². The Morgan fingerprint density at radius 2 is 1.26 bits per heavy atom. The second-order valence-corrected chi connectivity index (χ2v) is 19.1. The standard InChI is InChI=1S/C52H75N7O11/c1-12-51(13-2)30-42(67-11)31-52(14-3,15-4)59(51)70-36(7)39-23-21-38(22-24-39)32-68-33-44(57-49(64)69-50(8,9)10)48(63)54-34(5)45(60)53-35(6)46(61)56-43(29-37-19-17-16-18-20-37)47(62)55-40-25-27-41(28-26-40)58(65)66/h16-28,34-36,42-44H,12-15,29-33H2,1-11H3,(H,53,60)(H,54,63)(H,55,62)(H,56,61)(H,57,64)/t34-,35-,36?,43-,44-/m0/s1. The number of benzene rings is 3. The average molecular weight is 974 g/mol. The summed E-state index contributed by atoms with van der Waals surface area (Å²) in [7, 11) is 1.80. The molecule has 1 aliphatic rings. The Kier molecular flexibility index (Phi) is 20.9. The van der Waals surface area contributed by atoms with E-state index < -0.39 is 64.4 Å². The van der Waals surface area contributed by atoms with E-state index in [9.17, 15) is 34.1 Å². The first-order valence-corrected chi connectivity index (χ1v) is 24.3. The second-order valence-electron chi connectivity index (χ2n) is 19.1. The maximum Gasteiger partial charge on any atom is 0.408 e. The van der Waals surface area contributed by atoms with Crippen LogP contribution in [0.15, 0.2) is 78.9 Å². The van der Waals surface area contributed by atoms with Crippen LogP contribution in [-0.2, 0) is 51.3 Å². The van der Waals surface area contributed by atoms with Crippen molar-refractivity contribution >= 4 is 41.1 Å². The number of nitro groups is 1. The van der Waals surface area contributed by atoms with Crippen LogP contribution in [0.5, 0.6) is 0 Å². The summed E-state index contributed by atoms with van der Waals surface area (Å²) in [6, 6.07) is 17.4. The van der Waals surface area contributed by atoms with Crippen LogP contribution in [0.4, 0.5) is 16.2 Å². The van der Waals surface area contributed by atoms with Crippen LogP contribution in [0, 0.1) is 10.1 Å². The molecule has 0 aliphatic carbocycles. The summed E-state index contributed by atoms with van der Waals surface area (Å²) < 4.78 is 17.4. The topological polar surface area (TPSA) is 229 Å². The lowest BCUT2D eigenvalue weighted by atomic mass is 9.71. The van der Waals surface area contributed by atoms with Crippen molar-refractivity contribution in [1.29, 1.82) is 0 Å². The number of alkyl carbamates (subject to hydrolysis) is 1. The maximum absolute atomic E-state index is 13.7. The summed E-state index contributed by atoms with van der Waals surface area (Å²) in [4.78, 5) is 84.4. The molecule has 0 radical (unpaired) electrons. The molecule has 1 fully saturated rings. The Hall–Kier alpha value is -5.95. The fourth-order valence-electron chi connectivity index (χ4n) is 8.70. The van der Waals surface area contributed by atoms with Crippen molar-refractivity contribution in [3.63, 3.8) is 0 Å². The largest absolute Gasteiger partial charge is 0.444 e. The van der Waals surface area contributed by atoms with Crippen LogP contribution >= 0.6 is 0 Å². The van der Waals surface area contributed by atoms with Crippen molar-refractivity contribution in [3.8, 4) is 0 Å². The molecule has 3 aromatic carbocycles. The number of nitrogens with one attached hydrogen (secondary N) is 5. The predicted molar refractivity (Wildman–Crippen MR) is 266 cm³/mol. The molecule has 3 aromatic rings. The molecule has 5 N–H and O–H groups in total. The zero-order valence-electron chi connectivity index (χ0n) is 42.7. The van der Waals surface area contributed by atoms with Crippen molar-refractivity contribution in [1.82, 2.24) is 26.3 Å². The van der Waals surface area contributed by atoms with Gasteiger partial charge in [-0.2, -0.15) is 5.06 Å². The molecule has 1 unspecified atom stereocenters. The molecule has 1 heterocycles. The SMILES string of the molecule is CCC1(CC)CC(OC)CC(CC)(CC)N1OC(C)c1ccc(COC[C@H](NC(=O)OC(C)(C)C)C(=O)N[C@@H](C)C(=O)N[C@@H](C)C(=O)N[C@@H](Cc2ccccc2)C(=O)Nc2ccc([N+](=O)[O-])cc2)cc1. The molecule has 384 valence electrons. The minimum atomic E-state index is -1.27. The van der Waals surface area contributed by atoms with Gasteiger partial charge in [-0.3, -0.25) is 34.1 Å². The highest BCUT2D eigenvalue weighted by atomic mass is 16.7. The van der Waals surface area contributed by atoms with Gasteiger partial charge in [0.1, 0.15) is 35.9 Å². The predicted octanol–water partition coefficient (Wildman–Crippen LogP) is 7.60. The lowest BCUT2D eigenvalue weighted by molar-refractivity contribution is -0.384. The molecule has 4 rings (SSSR count). The normalized spacial score (nSPS) is 16.9. The number of nitro benzene ring substituents is 1. The molecule has 18 nitrogen and oxygen atoms in total. The minimum absolute atomic E-state index is 0.0961. The van der Waals surface area contributed by atoms with Gasteiger partial charge in [-0.15, -0.1) is 0 Å². The van der Waals surface area contributed by atoms with E-state index in [-0.39, 0.29) is 54.3 Å². The Balaban J connectivity index is 1.38. The third-order valence-corrected chi connectivity index (χ3v) is 13.1. The van der Waals surface area contributed by atoms with Gasteiger partial charge in [0, 0.05) is 42.4 Å². The van der Waals surface area contributed by atoms with Gasteiger partial charge in [-0.05, 0) is 109 Å².